The van der Waals surface area contributed by atoms with Crippen molar-refractivity contribution in [1.29, 1.82) is 0 Å². The van der Waals surface area contributed by atoms with Crippen molar-refractivity contribution in [2.75, 3.05) is 6.54 Å². The van der Waals surface area contributed by atoms with Crippen LogP contribution in [0.25, 0.3) is 0 Å². The molecule has 5 heteroatoms. The summed E-state index contributed by atoms with van der Waals surface area (Å²) in [6.07, 6.45) is 5.53. The van der Waals surface area contributed by atoms with E-state index < -0.39 is 0 Å². The normalized spacial score (nSPS) is 24.7. The number of aromatic nitrogens is 4. The van der Waals surface area contributed by atoms with E-state index in [1.807, 2.05) is 18.3 Å². The van der Waals surface area contributed by atoms with Gasteiger partial charge in [-0.25, -0.2) is 4.98 Å². The number of piperidine rings is 1. The van der Waals surface area contributed by atoms with E-state index in [1.165, 1.54) is 0 Å². The highest BCUT2D eigenvalue weighted by molar-refractivity contribution is 5.12. The third kappa shape index (κ3) is 2.19. The standard InChI is InChI=1S/C12H15N5/c1-2-5-13-10(3-1)11-7-9(4-6-14-11)12-15-8-16-17-12/h1-3,5,8-9,11,14H,4,6-7H2,(H,15,16,17). The Hall–Kier alpha value is -1.75. The minimum atomic E-state index is 0.319. The quantitative estimate of drug-likeness (QED) is 0.817. The SMILES string of the molecule is c1ccc(C2CC(c3ncn[nH]3)CCN2)nc1. The predicted octanol–water partition coefficient (Wildman–Crippen LogP) is 1.41. The summed E-state index contributed by atoms with van der Waals surface area (Å²) in [4.78, 5) is 8.66. The summed E-state index contributed by atoms with van der Waals surface area (Å²) in [6.45, 7) is 0.993. The minimum Gasteiger partial charge on any atom is -0.309 e. The average molecular weight is 229 g/mol. The Morgan fingerprint density at radius 2 is 2.24 bits per heavy atom. The molecule has 0 aliphatic carbocycles. The van der Waals surface area contributed by atoms with Crippen molar-refractivity contribution in [2.24, 2.45) is 0 Å². The monoisotopic (exact) mass is 229 g/mol. The van der Waals surface area contributed by atoms with Crippen molar-refractivity contribution < 1.29 is 0 Å². The molecule has 2 aromatic rings. The van der Waals surface area contributed by atoms with Crippen LogP contribution in [-0.4, -0.2) is 26.7 Å². The van der Waals surface area contributed by atoms with Gasteiger partial charge in [-0.05, 0) is 31.5 Å². The lowest BCUT2D eigenvalue weighted by atomic mass is 9.90. The Kier molecular flexibility index (Phi) is 2.83. The molecule has 1 aliphatic heterocycles. The van der Waals surface area contributed by atoms with Gasteiger partial charge in [-0.15, -0.1) is 0 Å². The van der Waals surface area contributed by atoms with Gasteiger partial charge in [0.1, 0.15) is 12.2 Å². The summed E-state index contributed by atoms with van der Waals surface area (Å²) in [5, 5.41) is 10.4. The molecule has 2 aromatic heterocycles. The second-order valence-electron chi connectivity index (χ2n) is 4.35. The maximum absolute atomic E-state index is 4.41. The van der Waals surface area contributed by atoms with E-state index in [4.69, 9.17) is 0 Å². The van der Waals surface area contributed by atoms with Crippen LogP contribution in [0.3, 0.4) is 0 Å². The summed E-state index contributed by atoms with van der Waals surface area (Å²) in [5.41, 5.74) is 1.11. The van der Waals surface area contributed by atoms with Gasteiger partial charge in [-0.1, -0.05) is 6.07 Å². The van der Waals surface area contributed by atoms with Gasteiger partial charge >= 0.3 is 0 Å². The second-order valence-corrected chi connectivity index (χ2v) is 4.35. The molecule has 0 aromatic carbocycles. The molecule has 3 heterocycles. The summed E-state index contributed by atoms with van der Waals surface area (Å²) in [6, 6.07) is 6.36. The summed E-state index contributed by atoms with van der Waals surface area (Å²) in [5.74, 6) is 1.44. The molecule has 0 saturated carbocycles. The predicted molar refractivity (Wildman–Crippen MR) is 63.3 cm³/mol. The first-order valence-electron chi connectivity index (χ1n) is 5.93. The summed E-state index contributed by atoms with van der Waals surface area (Å²) >= 11 is 0. The fraction of sp³-hybridized carbons (Fsp3) is 0.417. The van der Waals surface area contributed by atoms with Crippen LogP contribution in [0.2, 0.25) is 0 Å². The second kappa shape index (κ2) is 4.63. The van der Waals surface area contributed by atoms with Gasteiger partial charge in [-0.2, -0.15) is 5.10 Å². The van der Waals surface area contributed by atoms with Gasteiger partial charge in [-0.3, -0.25) is 10.1 Å². The molecule has 0 spiro atoms. The number of nitrogens with zero attached hydrogens (tertiary/aromatic N) is 3. The van der Waals surface area contributed by atoms with E-state index in [2.05, 4.69) is 31.5 Å². The van der Waals surface area contributed by atoms with E-state index in [0.29, 0.717) is 12.0 Å². The summed E-state index contributed by atoms with van der Waals surface area (Å²) < 4.78 is 0. The van der Waals surface area contributed by atoms with Crippen LogP contribution >= 0.6 is 0 Å². The number of aromatic amines is 1. The molecule has 5 nitrogen and oxygen atoms in total. The van der Waals surface area contributed by atoms with Crippen molar-refractivity contribution in [1.82, 2.24) is 25.5 Å². The zero-order valence-electron chi connectivity index (χ0n) is 9.50. The molecule has 0 bridgehead atoms. The van der Waals surface area contributed by atoms with Gasteiger partial charge in [0, 0.05) is 12.1 Å². The zero-order chi connectivity index (χ0) is 11.5. The van der Waals surface area contributed by atoms with Crippen LogP contribution < -0.4 is 5.32 Å². The highest BCUT2D eigenvalue weighted by Gasteiger charge is 2.26. The molecule has 1 aliphatic rings. The first-order chi connectivity index (χ1) is 8.43. The van der Waals surface area contributed by atoms with Crippen molar-refractivity contribution in [3.63, 3.8) is 0 Å². The molecule has 2 N–H and O–H groups in total. The molecule has 0 amide bonds. The molecular formula is C12H15N5. The molecule has 2 atom stereocenters. The van der Waals surface area contributed by atoms with Gasteiger partial charge in [0.05, 0.1) is 11.7 Å². The van der Waals surface area contributed by atoms with Crippen LogP contribution in [0.1, 0.15) is 36.3 Å². The van der Waals surface area contributed by atoms with E-state index in [1.54, 1.807) is 6.33 Å². The molecule has 0 radical (unpaired) electrons. The smallest absolute Gasteiger partial charge is 0.137 e. The van der Waals surface area contributed by atoms with Crippen LogP contribution in [-0.2, 0) is 0 Å². The highest BCUT2D eigenvalue weighted by Crippen LogP contribution is 2.31. The largest absolute Gasteiger partial charge is 0.309 e. The number of hydrogen-bond acceptors (Lipinski definition) is 4. The zero-order valence-corrected chi connectivity index (χ0v) is 9.50. The van der Waals surface area contributed by atoms with Crippen LogP contribution in [0.4, 0.5) is 0 Å². The maximum atomic E-state index is 4.41. The Balaban J connectivity index is 1.76. The first-order valence-corrected chi connectivity index (χ1v) is 5.93. The van der Waals surface area contributed by atoms with Crippen LogP contribution in [0, 0.1) is 0 Å². The molecule has 2 unspecified atom stereocenters. The fourth-order valence-electron chi connectivity index (χ4n) is 2.38. The molecule has 1 fully saturated rings. The number of rotatable bonds is 2. The number of hydrogen-bond donors (Lipinski definition) is 2. The Bertz CT molecular complexity index is 453. The fourth-order valence-corrected chi connectivity index (χ4v) is 2.38. The highest BCUT2D eigenvalue weighted by atomic mass is 15.2. The average Bonchev–Trinajstić information content (AvgIpc) is 2.94. The number of pyridine rings is 1. The Morgan fingerprint density at radius 3 is 3.00 bits per heavy atom. The lowest BCUT2D eigenvalue weighted by Gasteiger charge is -2.28. The number of H-pyrrole nitrogens is 1. The molecule has 1 saturated heterocycles. The maximum Gasteiger partial charge on any atom is 0.137 e. The van der Waals surface area contributed by atoms with E-state index in [-0.39, 0.29) is 0 Å². The minimum absolute atomic E-state index is 0.319. The third-order valence-corrected chi connectivity index (χ3v) is 3.27. The Labute approximate surface area is 99.7 Å². The van der Waals surface area contributed by atoms with Crippen molar-refractivity contribution >= 4 is 0 Å². The van der Waals surface area contributed by atoms with E-state index >= 15 is 0 Å². The van der Waals surface area contributed by atoms with Crippen LogP contribution in [0.15, 0.2) is 30.7 Å². The number of nitrogens with one attached hydrogen (secondary N) is 2. The van der Waals surface area contributed by atoms with Gasteiger partial charge in [0.25, 0.3) is 0 Å². The van der Waals surface area contributed by atoms with Gasteiger partial charge in [0.2, 0.25) is 0 Å². The van der Waals surface area contributed by atoms with E-state index in [9.17, 15) is 0 Å². The Morgan fingerprint density at radius 1 is 1.24 bits per heavy atom. The van der Waals surface area contributed by atoms with Crippen LogP contribution in [0.5, 0.6) is 0 Å². The molecular weight excluding hydrogens is 214 g/mol. The lowest BCUT2D eigenvalue weighted by Crippen LogP contribution is -2.31. The van der Waals surface area contributed by atoms with Crippen molar-refractivity contribution in [2.45, 2.75) is 24.8 Å². The first kappa shape index (κ1) is 10.4. The van der Waals surface area contributed by atoms with Crippen molar-refractivity contribution in [3.05, 3.63) is 42.2 Å². The van der Waals surface area contributed by atoms with Gasteiger partial charge < -0.3 is 5.32 Å². The summed E-state index contributed by atoms with van der Waals surface area (Å²) in [7, 11) is 0. The molecule has 17 heavy (non-hydrogen) atoms. The van der Waals surface area contributed by atoms with E-state index in [0.717, 1.165) is 30.9 Å². The lowest BCUT2D eigenvalue weighted by molar-refractivity contribution is 0.355. The topological polar surface area (TPSA) is 66.5 Å². The van der Waals surface area contributed by atoms with Crippen molar-refractivity contribution in [3.8, 4) is 0 Å². The molecule has 88 valence electrons. The molecule has 3 rings (SSSR count). The van der Waals surface area contributed by atoms with Gasteiger partial charge in [0.15, 0.2) is 0 Å². The third-order valence-electron chi connectivity index (χ3n) is 3.27.